The average molecular weight is 561 g/mol. The van der Waals surface area contributed by atoms with Gasteiger partial charge in [-0.2, -0.15) is 4.31 Å². The Bertz CT molecular complexity index is 1500. The second-order valence-corrected chi connectivity index (χ2v) is 13.2. The van der Waals surface area contributed by atoms with Crippen LogP contribution in [0.1, 0.15) is 44.9 Å². The average Bonchev–Trinajstić information content (AvgIpc) is 3.24. The number of anilines is 1. The number of sulfonamides is 1. The van der Waals surface area contributed by atoms with E-state index in [-0.39, 0.29) is 42.4 Å². The number of carbonyl (C=O) groups is 2. The summed E-state index contributed by atoms with van der Waals surface area (Å²) in [5.74, 6) is -0.223. The molecule has 0 unspecified atom stereocenters. The highest BCUT2D eigenvalue weighted by atomic mass is 32.2. The van der Waals surface area contributed by atoms with Crippen molar-refractivity contribution >= 4 is 38.3 Å². The predicted molar refractivity (Wildman–Crippen MR) is 155 cm³/mol. The van der Waals surface area contributed by atoms with Crippen LogP contribution in [0.5, 0.6) is 0 Å². The molecule has 1 saturated carbocycles. The molecule has 1 spiro atoms. The maximum atomic E-state index is 14.0. The Hall–Kier alpha value is -3.43. The molecule has 3 aromatic rings. The van der Waals surface area contributed by atoms with E-state index in [1.54, 1.807) is 17.0 Å². The molecule has 0 aromatic heterocycles. The molecule has 9 heteroatoms. The molecule has 0 radical (unpaired) electrons. The van der Waals surface area contributed by atoms with Gasteiger partial charge in [0, 0.05) is 24.8 Å². The van der Waals surface area contributed by atoms with Crippen molar-refractivity contribution in [3.05, 3.63) is 72.8 Å². The maximum absolute atomic E-state index is 14.0. The minimum Gasteiger partial charge on any atom is -0.352 e. The van der Waals surface area contributed by atoms with E-state index in [4.69, 9.17) is 0 Å². The number of rotatable bonds is 6. The summed E-state index contributed by atoms with van der Waals surface area (Å²) in [7, 11) is -3.72. The van der Waals surface area contributed by atoms with E-state index in [9.17, 15) is 18.0 Å². The molecule has 1 N–H and O–H groups in total. The lowest BCUT2D eigenvalue weighted by Gasteiger charge is -2.42. The number of nitrogens with zero attached hydrogens (tertiary/aromatic N) is 3. The number of benzene rings is 3. The van der Waals surface area contributed by atoms with Gasteiger partial charge >= 0.3 is 0 Å². The van der Waals surface area contributed by atoms with Gasteiger partial charge in [0.15, 0.2) is 0 Å². The minimum absolute atomic E-state index is 0.0134. The second kappa shape index (κ2) is 10.9. The highest BCUT2D eigenvalue weighted by molar-refractivity contribution is 7.89. The molecular weight excluding hydrogens is 524 g/mol. The lowest BCUT2D eigenvalue weighted by molar-refractivity contribution is -0.137. The van der Waals surface area contributed by atoms with E-state index >= 15 is 0 Å². The summed E-state index contributed by atoms with van der Waals surface area (Å²) in [5, 5.41) is 4.99. The predicted octanol–water partition coefficient (Wildman–Crippen LogP) is 4.12. The van der Waals surface area contributed by atoms with Crippen LogP contribution < -0.4 is 10.2 Å². The SMILES string of the molecule is O=C(CN1CN(c2ccccc2)C2(CCN(S(=O)(=O)c3ccc4ccccc4c3)CC2)C1=O)NC1CCCCC1. The molecular formula is C31H36N4O4S. The van der Waals surface area contributed by atoms with Crippen LogP contribution in [0.2, 0.25) is 0 Å². The maximum Gasteiger partial charge on any atom is 0.250 e. The summed E-state index contributed by atoms with van der Waals surface area (Å²) in [6, 6.07) is 22.8. The first-order valence-corrected chi connectivity index (χ1v) is 15.7. The number of hydrogen-bond acceptors (Lipinski definition) is 5. The Morgan fingerprint density at radius 3 is 2.27 bits per heavy atom. The van der Waals surface area contributed by atoms with Crippen LogP contribution in [0, 0.1) is 0 Å². The van der Waals surface area contributed by atoms with Crippen LogP contribution in [-0.4, -0.2) is 67.3 Å². The summed E-state index contributed by atoms with van der Waals surface area (Å²) in [6.07, 6.45) is 6.14. The van der Waals surface area contributed by atoms with Crippen LogP contribution in [0.15, 0.2) is 77.7 Å². The van der Waals surface area contributed by atoms with Gasteiger partial charge in [-0.05, 0) is 60.7 Å². The zero-order valence-corrected chi connectivity index (χ0v) is 23.5. The Morgan fingerprint density at radius 1 is 0.875 bits per heavy atom. The highest BCUT2D eigenvalue weighted by Gasteiger charge is 2.55. The van der Waals surface area contributed by atoms with E-state index in [1.807, 2.05) is 60.7 Å². The fourth-order valence-corrected chi connectivity index (χ4v) is 8.07. The summed E-state index contributed by atoms with van der Waals surface area (Å²) >= 11 is 0. The number of amides is 2. The molecule has 0 bridgehead atoms. The third kappa shape index (κ3) is 4.97. The normalized spacial score (nSPS) is 20.4. The van der Waals surface area contributed by atoms with Gasteiger partial charge in [0.05, 0.1) is 11.6 Å². The van der Waals surface area contributed by atoms with Crippen LogP contribution in [-0.2, 0) is 19.6 Å². The van der Waals surface area contributed by atoms with Crippen molar-refractivity contribution in [2.45, 2.75) is 61.4 Å². The van der Waals surface area contributed by atoms with E-state index in [0.717, 1.165) is 42.1 Å². The molecule has 3 aromatic carbocycles. The van der Waals surface area contributed by atoms with Gasteiger partial charge < -0.3 is 15.1 Å². The lowest BCUT2D eigenvalue weighted by Crippen LogP contribution is -2.57. The van der Waals surface area contributed by atoms with Crippen molar-refractivity contribution in [1.29, 1.82) is 0 Å². The molecule has 210 valence electrons. The third-order valence-electron chi connectivity index (χ3n) is 8.80. The molecule has 1 aliphatic carbocycles. The van der Waals surface area contributed by atoms with E-state index in [1.165, 1.54) is 10.7 Å². The molecule has 8 nitrogen and oxygen atoms in total. The number of carbonyl (C=O) groups excluding carboxylic acids is 2. The van der Waals surface area contributed by atoms with Crippen LogP contribution in [0.25, 0.3) is 10.8 Å². The molecule has 0 atom stereocenters. The van der Waals surface area contributed by atoms with Gasteiger partial charge in [-0.3, -0.25) is 9.59 Å². The standard InChI is InChI=1S/C31H36N4O4S/c36-29(32-26-11-3-1-4-12-26)22-33-23-35(27-13-5-2-6-14-27)31(30(33)37)17-19-34(20-18-31)40(38,39)28-16-15-24-9-7-8-10-25(24)21-28/h2,5-10,13-16,21,26H,1,3-4,11-12,17-20,22-23H2,(H,32,36). The van der Waals surface area contributed by atoms with Crippen molar-refractivity contribution < 1.29 is 18.0 Å². The van der Waals surface area contributed by atoms with Gasteiger partial charge in [-0.15, -0.1) is 0 Å². The number of para-hydroxylation sites is 1. The molecule has 2 heterocycles. The number of fused-ring (bicyclic) bond motifs is 1. The molecule has 40 heavy (non-hydrogen) atoms. The van der Waals surface area contributed by atoms with Crippen LogP contribution >= 0.6 is 0 Å². The fourth-order valence-electron chi connectivity index (χ4n) is 6.59. The van der Waals surface area contributed by atoms with Gasteiger partial charge in [-0.25, -0.2) is 8.42 Å². The molecule has 2 aliphatic heterocycles. The van der Waals surface area contributed by atoms with Crippen molar-refractivity contribution in [2.24, 2.45) is 0 Å². The van der Waals surface area contributed by atoms with Crippen molar-refractivity contribution in [2.75, 3.05) is 31.2 Å². The molecule has 2 amide bonds. The highest BCUT2D eigenvalue weighted by Crippen LogP contribution is 2.40. The van der Waals surface area contributed by atoms with Crippen LogP contribution in [0.3, 0.4) is 0 Å². The molecule has 3 aliphatic rings. The largest absolute Gasteiger partial charge is 0.352 e. The Kier molecular flexibility index (Phi) is 7.27. The summed E-state index contributed by atoms with van der Waals surface area (Å²) < 4.78 is 28.8. The van der Waals surface area contributed by atoms with Gasteiger partial charge in [0.1, 0.15) is 12.1 Å². The first-order valence-electron chi connectivity index (χ1n) is 14.3. The van der Waals surface area contributed by atoms with Crippen LogP contribution in [0.4, 0.5) is 5.69 Å². The molecule has 2 saturated heterocycles. The first-order chi connectivity index (χ1) is 19.4. The Balaban J connectivity index is 1.21. The summed E-state index contributed by atoms with van der Waals surface area (Å²) in [6.45, 7) is 0.774. The minimum atomic E-state index is -3.72. The Morgan fingerprint density at radius 2 is 1.55 bits per heavy atom. The van der Waals surface area contributed by atoms with Gasteiger partial charge in [0.25, 0.3) is 0 Å². The van der Waals surface area contributed by atoms with Crippen molar-refractivity contribution in [1.82, 2.24) is 14.5 Å². The topological polar surface area (TPSA) is 90.0 Å². The second-order valence-electron chi connectivity index (χ2n) is 11.3. The third-order valence-corrected chi connectivity index (χ3v) is 10.7. The summed E-state index contributed by atoms with van der Waals surface area (Å²) in [5.41, 5.74) is 0.0129. The van der Waals surface area contributed by atoms with Gasteiger partial charge in [-0.1, -0.05) is 67.8 Å². The monoisotopic (exact) mass is 560 g/mol. The smallest absolute Gasteiger partial charge is 0.250 e. The number of piperidine rings is 1. The number of hydrogen-bond donors (Lipinski definition) is 1. The van der Waals surface area contributed by atoms with Crippen molar-refractivity contribution in [3.8, 4) is 0 Å². The molecule has 6 rings (SSSR count). The van der Waals surface area contributed by atoms with Crippen molar-refractivity contribution in [3.63, 3.8) is 0 Å². The van der Waals surface area contributed by atoms with E-state index < -0.39 is 15.6 Å². The summed E-state index contributed by atoms with van der Waals surface area (Å²) in [4.78, 5) is 30.9. The fraction of sp³-hybridized carbons (Fsp3) is 0.419. The number of nitrogens with one attached hydrogen (secondary N) is 1. The van der Waals surface area contributed by atoms with E-state index in [2.05, 4.69) is 10.2 Å². The zero-order chi connectivity index (χ0) is 27.7. The Labute approximate surface area is 236 Å². The van der Waals surface area contributed by atoms with Gasteiger partial charge in [0.2, 0.25) is 21.8 Å². The molecule has 3 fully saturated rings. The quantitative estimate of drug-likeness (QED) is 0.490. The zero-order valence-electron chi connectivity index (χ0n) is 22.7. The van der Waals surface area contributed by atoms with E-state index in [0.29, 0.717) is 19.5 Å². The first kappa shape index (κ1) is 26.8. The lowest BCUT2D eigenvalue weighted by atomic mass is 9.86.